The normalized spacial score (nSPS) is 21.5. The van der Waals surface area contributed by atoms with E-state index in [4.69, 9.17) is 15.3 Å². The van der Waals surface area contributed by atoms with Gasteiger partial charge in [-0.05, 0) is 31.5 Å². The van der Waals surface area contributed by atoms with Crippen LogP contribution in [-0.2, 0) is 35.4 Å². The van der Waals surface area contributed by atoms with Crippen LogP contribution in [0.3, 0.4) is 0 Å². The summed E-state index contributed by atoms with van der Waals surface area (Å²) in [5.41, 5.74) is 5.76. The molecule has 3 heterocycles. The number of nitrogens with two attached hydrogens (primary N) is 1. The molecule has 2 amide bonds. The Morgan fingerprint density at radius 3 is 2.59 bits per heavy atom. The number of thiazole rings is 1. The molecule has 1 aromatic carbocycles. The maximum atomic E-state index is 13.1. The molecule has 39 heavy (non-hydrogen) atoms. The molecule has 17 heteroatoms. The number of nitrogens with zero attached hydrogens (tertiary/aromatic N) is 4. The maximum absolute atomic E-state index is 13.1. The van der Waals surface area contributed by atoms with Crippen LogP contribution in [0.4, 0.5) is 10.8 Å². The molecular formula is C22H22N6O9S2. The van der Waals surface area contributed by atoms with Gasteiger partial charge in [0.25, 0.3) is 11.6 Å². The summed E-state index contributed by atoms with van der Waals surface area (Å²) in [6.07, 6.45) is 0. The first-order valence-electron chi connectivity index (χ1n) is 11.2. The first-order valence-corrected chi connectivity index (χ1v) is 13.0. The number of carboxylic acid groups (broad SMARTS) is 1. The minimum atomic E-state index is -1.14. The number of nitrogen functional groups attached to an aromatic ring is 1. The number of nitro benzene ring substituents is 1. The van der Waals surface area contributed by atoms with E-state index >= 15 is 0 Å². The topological polar surface area (TPSA) is 217 Å². The second kappa shape index (κ2) is 10.9. The zero-order valence-corrected chi connectivity index (χ0v) is 22.1. The smallest absolute Gasteiger partial charge is 0.347 e. The van der Waals surface area contributed by atoms with Gasteiger partial charge in [0.1, 0.15) is 29.8 Å². The number of nitrogens with one attached hydrogen (secondary N) is 1. The minimum Gasteiger partial charge on any atom is -0.480 e. The summed E-state index contributed by atoms with van der Waals surface area (Å²) in [7, 11) is 0. The van der Waals surface area contributed by atoms with Crippen LogP contribution in [0.25, 0.3) is 0 Å². The molecule has 3 atom stereocenters. The average molecular weight is 579 g/mol. The van der Waals surface area contributed by atoms with Gasteiger partial charge in [0.15, 0.2) is 10.8 Å². The van der Waals surface area contributed by atoms with Gasteiger partial charge in [-0.1, -0.05) is 5.16 Å². The SMILES string of the molecule is CC1(C)S[C@@H]2[C@H](NC(=O)C(=NOCC(=O)OCc3ccc([N+](=O)[O-])cc3)c3csc(N)n3)C(=O)N2[C@H]1C(=O)O. The van der Waals surface area contributed by atoms with Crippen LogP contribution in [0.2, 0.25) is 0 Å². The molecule has 0 unspecified atom stereocenters. The van der Waals surface area contributed by atoms with Gasteiger partial charge >= 0.3 is 11.9 Å². The molecule has 4 rings (SSSR count). The third kappa shape index (κ3) is 5.78. The van der Waals surface area contributed by atoms with Gasteiger partial charge in [-0.15, -0.1) is 23.1 Å². The Morgan fingerprint density at radius 1 is 1.31 bits per heavy atom. The number of aliphatic carboxylic acids is 1. The highest BCUT2D eigenvalue weighted by Gasteiger charge is 2.64. The second-order valence-corrected chi connectivity index (χ2v) is 11.6. The predicted molar refractivity (Wildman–Crippen MR) is 138 cm³/mol. The van der Waals surface area contributed by atoms with E-state index in [0.717, 1.165) is 11.3 Å². The van der Waals surface area contributed by atoms with E-state index < -0.39 is 57.5 Å². The molecule has 15 nitrogen and oxygen atoms in total. The monoisotopic (exact) mass is 578 g/mol. The van der Waals surface area contributed by atoms with E-state index in [0.29, 0.717) is 5.56 Å². The van der Waals surface area contributed by atoms with Crippen molar-refractivity contribution in [3.8, 4) is 0 Å². The van der Waals surface area contributed by atoms with Gasteiger partial charge in [-0.25, -0.2) is 14.6 Å². The van der Waals surface area contributed by atoms with Gasteiger partial charge in [0.2, 0.25) is 12.5 Å². The molecule has 0 radical (unpaired) electrons. The van der Waals surface area contributed by atoms with Crippen molar-refractivity contribution in [3.63, 3.8) is 0 Å². The summed E-state index contributed by atoms with van der Waals surface area (Å²) in [5, 5.41) is 27.5. The lowest BCUT2D eigenvalue weighted by Gasteiger charge is -2.43. The number of rotatable bonds is 10. The number of thioether (sulfide) groups is 1. The highest BCUT2D eigenvalue weighted by atomic mass is 32.2. The quantitative estimate of drug-likeness (QED) is 0.117. The number of benzene rings is 1. The summed E-state index contributed by atoms with van der Waals surface area (Å²) in [5.74, 6) is -3.35. The van der Waals surface area contributed by atoms with Crippen LogP contribution in [0, 0.1) is 10.1 Å². The van der Waals surface area contributed by atoms with Crippen LogP contribution in [0.5, 0.6) is 0 Å². The molecule has 1 aromatic heterocycles. The zero-order valence-electron chi connectivity index (χ0n) is 20.4. The van der Waals surface area contributed by atoms with Crippen molar-refractivity contribution < 1.29 is 38.8 Å². The summed E-state index contributed by atoms with van der Waals surface area (Å²) in [6, 6.07) is 3.37. The number of anilines is 1. The Balaban J connectivity index is 1.38. The molecule has 0 bridgehead atoms. The summed E-state index contributed by atoms with van der Waals surface area (Å²) < 4.78 is 4.27. The standard InChI is InChI=1S/C22H22N6O9S2/c1-22(2)16(20(32)33)27-18(31)15(19(27)39-22)25-17(30)14(12-9-38-21(23)24-12)26-37-8-13(29)36-7-10-3-5-11(6-4-10)28(34)35/h3-6,9,15-16,19H,7-8H2,1-2H3,(H2,23,24)(H,25,30)(H,32,33)/t15-,16+,19-/m1/s1. The Morgan fingerprint density at radius 2 is 2.00 bits per heavy atom. The number of carbonyl (C=O) groups is 4. The third-order valence-electron chi connectivity index (χ3n) is 5.83. The predicted octanol–water partition coefficient (Wildman–Crippen LogP) is 0.729. The molecule has 2 saturated heterocycles. The number of aromatic nitrogens is 1. The lowest BCUT2D eigenvalue weighted by atomic mass is 9.96. The summed E-state index contributed by atoms with van der Waals surface area (Å²) in [4.78, 5) is 70.0. The first-order chi connectivity index (χ1) is 18.4. The largest absolute Gasteiger partial charge is 0.480 e. The highest BCUT2D eigenvalue weighted by Crippen LogP contribution is 2.50. The average Bonchev–Trinajstić information content (AvgIpc) is 3.42. The van der Waals surface area contributed by atoms with Crippen molar-refractivity contribution >= 4 is 63.4 Å². The fourth-order valence-corrected chi connectivity index (χ4v) is 6.20. The molecule has 2 aliphatic heterocycles. The van der Waals surface area contributed by atoms with Crippen LogP contribution in [-0.4, -0.2) is 78.2 Å². The molecule has 0 saturated carbocycles. The van der Waals surface area contributed by atoms with Crippen LogP contribution in [0.1, 0.15) is 25.1 Å². The first kappa shape index (κ1) is 27.8. The van der Waals surface area contributed by atoms with E-state index in [1.807, 2.05) is 0 Å². The maximum Gasteiger partial charge on any atom is 0.347 e. The van der Waals surface area contributed by atoms with Crippen LogP contribution >= 0.6 is 23.1 Å². The highest BCUT2D eigenvalue weighted by molar-refractivity contribution is 8.01. The Kier molecular flexibility index (Phi) is 7.73. The third-order valence-corrected chi connectivity index (χ3v) is 8.07. The van der Waals surface area contributed by atoms with E-state index in [2.05, 4.69) is 15.5 Å². The number of amides is 2. The Bertz CT molecular complexity index is 1360. The van der Waals surface area contributed by atoms with Gasteiger partial charge in [0.05, 0.1) is 4.92 Å². The van der Waals surface area contributed by atoms with Crippen molar-refractivity contribution in [2.75, 3.05) is 12.3 Å². The number of ether oxygens (including phenoxy) is 1. The summed E-state index contributed by atoms with van der Waals surface area (Å²) >= 11 is 2.29. The molecule has 2 fully saturated rings. The number of hydrogen-bond donors (Lipinski definition) is 3. The van der Waals surface area contributed by atoms with Crippen molar-refractivity contribution in [1.29, 1.82) is 0 Å². The minimum absolute atomic E-state index is 0.0423. The molecule has 2 aromatic rings. The van der Waals surface area contributed by atoms with Crippen molar-refractivity contribution in [3.05, 3.63) is 51.0 Å². The Labute approximate surface area is 228 Å². The van der Waals surface area contributed by atoms with Crippen molar-refractivity contribution in [2.24, 2.45) is 5.16 Å². The van der Waals surface area contributed by atoms with E-state index in [-0.39, 0.29) is 28.8 Å². The number of carboxylic acids is 1. The van der Waals surface area contributed by atoms with E-state index in [1.54, 1.807) is 13.8 Å². The lowest BCUT2D eigenvalue weighted by molar-refractivity contribution is -0.384. The lowest BCUT2D eigenvalue weighted by Crippen LogP contribution is -2.71. The van der Waals surface area contributed by atoms with Crippen molar-refractivity contribution in [2.45, 2.75) is 42.7 Å². The zero-order chi connectivity index (χ0) is 28.5. The van der Waals surface area contributed by atoms with E-state index in [1.165, 1.54) is 46.3 Å². The van der Waals surface area contributed by atoms with E-state index in [9.17, 15) is 34.4 Å². The number of nitro groups is 1. The summed E-state index contributed by atoms with van der Waals surface area (Å²) in [6.45, 7) is 2.57. The van der Waals surface area contributed by atoms with Crippen LogP contribution < -0.4 is 11.1 Å². The fraction of sp³-hybridized carbons (Fsp3) is 0.364. The van der Waals surface area contributed by atoms with Crippen molar-refractivity contribution in [1.82, 2.24) is 15.2 Å². The number of hydrogen-bond acceptors (Lipinski definition) is 13. The molecular weight excluding hydrogens is 556 g/mol. The number of oxime groups is 1. The fourth-order valence-electron chi connectivity index (χ4n) is 4.02. The molecule has 2 aliphatic rings. The van der Waals surface area contributed by atoms with Gasteiger partial charge in [0, 0.05) is 22.3 Å². The number of fused-ring (bicyclic) bond motifs is 1. The molecule has 0 spiro atoms. The Hall–Kier alpha value is -4.25. The molecule has 206 valence electrons. The number of β-lactam (4-membered cyclic amide) rings is 1. The van der Waals surface area contributed by atoms with Gasteiger partial charge in [-0.3, -0.25) is 19.7 Å². The number of non-ortho nitro benzene ring substituents is 1. The number of carbonyl (C=O) groups excluding carboxylic acids is 3. The van der Waals surface area contributed by atoms with Crippen LogP contribution in [0.15, 0.2) is 34.8 Å². The number of esters is 1. The molecule has 4 N–H and O–H groups in total. The van der Waals surface area contributed by atoms with Gasteiger partial charge < -0.3 is 30.6 Å². The molecule has 0 aliphatic carbocycles. The van der Waals surface area contributed by atoms with Gasteiger partial charge in [-0.2, -0.15) is 0 Å². The second-order valence-electron chi connectivity index (χ2n) is 8.92.